The van der Waals surface area contributed by atoms with E-state index < -0.39 is 48.7 Å². The van der Waals surface area contributed by atoms with Crippen molar-refractivity contribution in [2.24, 2.45) is 0 Å². The van der Waals surface area contributed by atoms with Crippen LogP contribution in [0.25, 0.3) is 0 Å². The number of rotatable bonds is 21. The van der Waals surface area contributed by atoms with Gasteiger partial charge in [-0.05, 0) is 60.2 Å². The molecule has 300 valence electrons. The molecule has 3 aromatic carbocycles. The molecule has 0 aromatic heterocycles. The van der Waals surface area contributed by atoms with E-state index in [2.05, 4.69) is 91.0 Å². The Bertz CT molecular complexity index is 1490. The van der Waals surface area contributed by atoms with E-state index in [1.807, 2.05) is 61.5 Å². The molecule has 7 nitrogen and oxygen atoms in total. The van der Waals surface area contributed by atoms with Crippen LogP contribution in [-0.4, -0.2) is 78.5 Å². The number of methoxy groups -OCH3 is 1. The summed E-state index contributed by atoms with van der Waals surface area (Å²) >= 11 is 3.53. The Balaban J connectivity index is 1.79. The van der Waals surface area contributed by atoms with Gasteiger partial charge in [-0.25, -0.2) is 0 Å². The van der Waals surface area contributed by atoms with Gasteiger partial charge in [-0.15, -0.1) is 23.5 Å². The molecule has 4 rings (SSSR count). The van der Waals surface area contributed by atoms with Crippen LogP contribution in [0.5, 0.6) is 0 Å². The Morgan fingerprint density at radius 3 is 1.70 bits per heavy atom. The van der Waals surface area contributed by atoms with Crippen molar-refractivity contribution in [2.45, 2.75) is 146 Å². The average molecular weight is 799 g/mol. The summed E-state index contributed by atoms with van der Waals surface area (Å²) in [6.45, 7) is 20.8. The molecule has 1 N–H and O–H groups in total. The summed E-state index contributed by atoms with van der Waals surface area (Å²) in [6.07, 6.45) is -2.03. The second kappa shape index (κ2) is 20.6. The Morgan fingerprint density at radius 2 is 1.26 bits per heavy atom. The maximum Gasteiger partial charge on any atom is 0.192 e. The van der Waals surface area contributed by atoms with Crippen LogP contribution in [0.2, 0.25) is 18.1 Å². The van der Waals surface area contributed by atoms with Crippen LogP contribution in [0.1, 0.15) is 78.0 Å². The summed E-state index contributed by atoms with van der Waals surface area (Å²) in [7, 11) is -0.608. The molecule has 1 saturated heterocycles. The summed E-state index contributed by atoms with van der Waals surface area (Å²) < 4.78 is 39.4. The number of benzene rings is 3. The predicted molar refractivity (Wildman–Crippen MR) is 227 cm³/mol. The highest BCUT2D eigenvalue weighted by Crippen LogP contribution is 2.56. The molecule has 0 bridgehead atoms. The van der Waals surface area contributed by atoms with Crippen molar-refractivity contribution in [1.82, 2.24) is 0 Å². The van der Waals surface area contributed by atoms with Gasteiger partial charge in [0.1, 0.15) is 11.7 Å². The first-order chi connectivity index (χ1) is 25.7. The SMILES string of the molecule is CCSC(C[C@H](OCc1ccccc1)[C@H](OCc1ccccc1)[C@@H](C)OCc1ccccc1)(SCC)[C@@]1(O)C[C@@H](O[Si](C)(C)C(C)(C)C)[C@@H](OC)O[C@@H]1C. The topological polar surface area (TPSA) is 75.6 Å². The third-order valence-electron chi connectivity index (χ3n) is 11.0. The Kier molecular flexibility index (Phi) is 17.2. The lowest BCUT2D eigenvalue weighted by Gasteiger charge is -2.56. The summed E-state index contributed by atoms with van der Waals surface area (Å²) in [6, 6.07) is 30.7. The van der Waals surface area contributed by atoms with E-state index in [9.17, 15) is 5.11 Å². The minimum atomic E-state index is -2.27. The third-order valence-corrected chi connectivity index (χ3v) is 18.7. The highest BCUT2D eigenvalue weighted by Gasteiger charge is 2.61. The van der Waals surface area contributed by atoms with Gasteiger partial charge in [0.2, 0.25) is 0 Å². The van der Waals surface area contributed by atoms with Crippen LogP contribution in [-0.2, 0) is 47.9 Å². The fourth-order valence-corrected chi connectivity index (χ4v) is 11.7. The first-order valence-electron chi connectivity index (χ1n) is 19.5. The van der Waals surface area contributed by atoms with Gasteiger partial charge in [0.15, 0.2) is 14.6 Å². The van der Waals surface area contributed by atoms with Crippen molar-refractivity contribution in [2.75, 3.05) is 18.6 Å². The zero-order valence-electron chi connectivity index (χ0n) is 34.3. The van der Waals surface area contributed by atoms with E-state index in [0.717, 1.165) is 28.2 Å². The number of hydrogen-bond donors (Lipinski definition) is 1. The highest BCUT2D eigenvalue weighted by molar-refractivity contribution is 8.18. The quantitative estimate of drug-likeness (QED) is 0.0837. The first kappa shape index (κ1) is 45.0. The molecule has 0 aliphatic carbocycles. The molecular formula is C44H66O7S2Si. The van der Waals surface area contributed by atoms with E-state index >= 15 is 0 Å². The number of ether oxygens (including phenoxy) is 5. The molecule has 0 unspecified atom stereocenters. The molecule has 1 aliphatic heterocycles. The van der Waals surface area contributed by atoms with Gasteiger partial charge in [-0.2, -0.15) is 0 Å². The second-order valence-corrected chi connectivity index (χ2v) is 24.0. The van der Waals surface area contributed by atoms with E-state index in [-0.39, 0.29) is 11.1 Å². The fourth-order valence-electron chi connectivity index (χ4n) is 6.87. The third kappa shape index (κ3) is 11.7. The zero-order valence-corrected chi connectivity index (χ0v) is 36.9. The van der Waals surface area contributed by atoms with Gasteiger partial charge in [-0.3, -0.25) is 0 Å². The molecule has 1 fully saturated rings. The van der Waals surface area contributed by atoms with Crippen molar-refractivity contribution < 1.29 is 33.2 Å². The lowest BCUT2D eigenvalue weighted by atomic mass is 9.81. The average Bonchev–Trinajstić information content (AvgIpc) is 3.15. The molecule has 0 saturated carbocycles. The fraction of sp³-hybridized carbons (Fsp3) is 0.591. The van der Waals surface area contributed by atoms with Crippen molar-refractivity contribution >= 4 is 31.8 Å². The first-order valence-corrected chi connectivity index (χ1v) is 24.4. The van der Waals surface area contributed by atoms with Gasteiger partial charge < -0.3 is 33.2 Å². The molecule has 7 atom stereocenters. The number of aliphatic hydroxyl groups is 1. The van der Waals surface area contributed by atoms with Gasteiger partial charge in [0.25, 0.3) is 0 Å². The van der Waals surface area contributed by atoms with Crippen LogP contribution < -0.4 is 0 Å². The number of hydrogen-bond acceptors (Lipinski definition) is 9. The molecule has 54 heavy (non-hydrogen) atoms. The van der Waals surface area contributed by atoms with Crippen LogP contribution in [0, 0.1) is 0 Å². The highest BCUT2D eigenvalue weighted by atomic mass is 32.2. The largest absolute Gasteiger partial charge is 0.409 e. The molecule has 0 amide bonds. The molecule has 0 spiro atoms. The van der Waals surface area contributed by atoms with Crippen molar-refractivity contribution in [3.05, 3.63) is 108 Å². The van der Waals surface area contributed by atoms with E-state index in [0.29, 0.717) is 32.7 Å². The molecule has 1 aliphatic rings. The summed E-state index contributed by atoms with van der Waals surface area (Å²) in [5.74, 6) is 1.56. The van der Waals surface area contributed by atoms with Crippen molar-refractivity contribution in [1.29, 1.82) is 0 Å². The minimum absolute atomic E-state index is 0.0323. The zero-order chi connectivity index (χ0) is 39.4. The molecular weight excluding hydrogens is 733 g/mol. The Morgan fingerprint density at radius 1 is 0.796 bits per heavy atom. The van der Waals surface area contributed by atoms with Gasteiger partial charge in [0.05, 0.1) is 48.3 Å². The van der Waals surface area contributed by atoms with Crippen molar-refractivity contribution in [3.63, 3.8) is 0 Å². The van der Waals surface area contributed by atoms with E-state index in [1.54, 1.807) is 30.6 Å². The van der Waals surface area contributed by atoms with Gasteiger partial charge in [-0.1, -0.05) is 126 Å². The maximum absolute atomic E-state index is 13.4. The van der Waals surface area contributed by atoms with Crippen LogP contribution in [0.4, 0.5) is 0 Å². The predicted octanol–water partition coefficient (Wildman–Crippen LogP) is 10.3. The van der Waals surface area contributed by atoms with Gasteiger partial charge >= 0.3 is 0 Å². The lowest BCUT2D eigenvalue weighted by Crippen LogP contribution is -2.67. The van der Waals surface area contributed by atoms with Crippen LogP contribution >= 0.6 is 23.5 Å². The summed E-state index contributed by atoms with van der Waals surface area (Å²) in [4.78, 5) is 0. The molecule has 10 heteroatoms. The monoisotopic (exact) mass is 798 g/mol. The molecule has 3 aromatic rings. The maximum atomic E-state index is 13.4. The van der Waals surface area contributed by atoms with Crippen LogP contribution in [0.3, 0.4) is 0 Å². The smallest absolute Gasteiger partial charge is 0.192 e. The summed E-state index contributed by atoms with van der Waals surface area (Å²) in [5, 5.41) is 13.4. The normalized spacial score (nSPS) is 22.8. The Hall–Kier alpha value is -1.70. The second-order valence-electron chi connectivity index (χ2n) is 15.8. The standard InChI is InChI=1S/C44H66O7S2Si/c1-11-52-44(53-12-2,43(45)28-39(41(46-8)50-34(43)4)51-54(9,10)42(5,6)7)29-38(48-31-36-24-18-14-19-25-36)40(49-32-37-26-20-15-21-27-37)33(3)47-30-35-22-16-13-17-23-35/h13-27,33-34,38-41,45H,11-12,28-32H2,1-10H3/t33-,34-,38+,39-,40-,41+,43-/m1/s1. The summed E-state index contributed by atoms with van der Waals surface area (Å²) in [5.41, 5.74) is 1.91. The lowest BCUT2D eigenvalue weighted by molar-refractivity contribution is -0.280. The molecule has 1 heterocycles. The van der Waals surface area contributed by atoms with Crippen molar-refractivity contribution in [3.8, 4) is 0 Å². The van der Waals surface area contributed by atoms with Crippen LogP contribution in [0.15, 0.2) is 91.0 Å². The number of thioether (sulfide) groups is 2. The van der Waals surface area contributed by atoms with Gasteiger partial charge in [0, 0.05) is 20.0 Å². The minimum Gasteiger partial charge on any atom is -0.409 e. The van der Waals surface area contributed by atoms with E-state index in [1.165, 1.54) is 0 Å². The molecule has 0 radical (unpaired) electrons. The Labute approximate surface area is 335 Å². The van der Waals surface area contributed by atoms with E-state index in [4.69, 9.17) is 28.1 Å².